The molecule has 3 heterocycles. The Kier molecular flexibility index (Phi) is 3.52. The van der Waals surface area contributed by atoms with Crippen LogP contribution < -0.4 is 4.74 Å². The van der Waals surface area contributed by atoms with Gasteiger partial charge in [0, 0.05) is 18.7 Å². The lowest BCUT2D eigenvalue weighted by Crippen LogP contribution is -2.37. The van der Waals surface area contributed by atoms with Gasteiger partial charge in [-0.05, 0) is 44.2 Å². The number of imidazole rings is 1. The van der Waals surface area contributed by atoms with Crippen LogP contribution in [-0.4, -0.2) is 46.7 Å². The molecule has 1 aliphatic rings. The van der Waals surface area contributed by atoms with Crippen LogP contribution >= 0.6 is 12.2 Å². The highest BCUT2D eigenvalue weighted by Gasteiger charge is 2.27. The number of pyridine rings is 1. The zero-order chi connectivity index (χ0) is 14.3. The average Bonchev–Trinajstić information content (AvgIpc) is 2.74. The van der Waals surface area contributed by atoms with E-state index >= 15 is 0 Å². The Morgan fingerprint density at radius 1 is 1.45 bits per heavy atom. The molecule has 1 aliphatic heterocycles. The molecule has 1 fully saturated rings. The minimum Gasteiger partial charge on any atom is -0.481 e. The summed E-state index contributed by atoms with van der Waals surface area (Å²) in [6.45, 7) is 4.46. The van der Waals surface area contributed by atoms with E-state index in [1.165, 1.54) is 0 Å². The zero-order valence-electron chi connectivity index (χ0n) is 12.1. The van der Waals surface area contributed by atoms with E-state index in [2.05, 4.69) is 33.4 Å². The SMILES string of the molecule is COc1ccc2[nH]c(=S)n(C3CCN(C)CC3C)c2n1. The van der Waals surface area contributed by atoms with Crippen LogP contribution in [0.25, 0.3) is 11.2 Å². The van der Waals surface area contributed by atoms with Crippen molar-refractivity contribution in [3.63, 3.8) is 0 Å². The van der Waals surface area contributed by atoms with Crippen LogP contribution in [0.5, 0.6) is 5.88 Å². The number of fused-ring (bicyclic) bond motifs is 1. The molecule has 0 aromatic carbocycles. The number of aromatic amines is 1. The molecule has 0 radical (unpaired) electrons. The highest BCUT2D eigenvalue weighted by molar-refractivity contribution is 7.71. The molecule has 1 N–H and O–H groups in total. The maximum Gasteiger partial charge on any atom is 0.215 e. The summed E-state index contributed by atoms with van der Waals surface area (Å²) in [5.41, 5.74) is 1.87. The molecule has 2 aromatic heterocycles. The van der Waals surface area contributed by atoms with E-state index in [0.29, 0.717) is 17.8 Å². The predicted octanol–water partition coefficient (Wildman–Crippen LogP) is 2.62. The first kappa shape index (κ1) is 13.6. The first-order valence-electron chi connectivity index (χ1n) is 6.94. The zero-order valence-corrected chi connectivity index (χ0v) is 12.9. The largest absolute Gasteiger partial charge is 0.481 e. The Morgan fingerprint density at radius 3 is 2.95 bits per heavy atom. The van der Waals surface area contributed by atoms with Crippen molar-refractivity contribution in [2.45, 2.75) is 19.4 Å². The van der Waals surface area contributed by atoms with Crippen LogP contribution in [0.2, 0.25) is 0 Å². The summed E-state index contributed by atoms with van der Waals surface area (Å²) < 4.78 is 8.16. The molecule has 2 unspecified atom stereocenters. The summed E-state index contributed by atoms with van der Waals surface area (Å²) in [4.78, 5) is 10.2. The Morgan fingerprint density at radius 2 is 2.25 bits per heavy atom. The molecular weight excluding hydrogens is 272 g/mol. The van der Waals surface area contributed by atoms with Gasteiger partial charge in [-0.2, -0.15) is 4.98 Å². The number of hydrogen-bond donors (Lipinski definition) is 1. The molecule has 3 rings (SSSR count). The van der Waals surface area contributed by atoms with Gasteiger partial charge >= 0.3 is 0 Å². The molecule has 0 spiro atoms. The minimum absolute atomic E-state index is 0.395. The number of piperidine rings is 1. The van der Waals surface area contributed by atoms with Crippen molar-refractivity contribution < 1.29 is 4.74 Å². The van der Waals surface area contributed by atoms with Gasteiger partial charge in [-0.3, -0.25) is 4.57 Å². The molecular formula is C14H20N4OS. The van der Waals surface area contributed by atoms with Gasteiger partial charge in [0.2, 0.25) is 5.88 Å². The van der Waals surface area contributed by atoms with Crippen LogP contribution in [0.1, 0.15) is 19.4 Å². The Balaban J connectivity index is 2.10. The summed E-state index contributed by atoms with van der Waals surface area (Å²) in [7, 11) is 3.81. The van der Waals surface area contributed by atoms with E-state index in [-0.39, 0.29) is 0 Å². The van der Waals surface area contributed by atoms with Crippen molar-refractivity contribution in [3.05, 3.63) is 16.9 Å². The lowest BCUT2D eigenvalue weighted by atomic mass is 9.94. The van der Waals surface area contributed by atoms with Gasteiger partial charge in [-0.25, -0.2) is 0 Å². The third-order valence-electron chi connectivity index (χ3n) is 4.14. The number of aromatic nitrogens is 3. The molecule has 0 bridgehead atoms. The van der Waals surface area contributed by atoms with E-state index in [0.717, 1.165) is 35.4 Å². The van der Waals surface area contributed by atoms with Crippen LogP contribution in [0.4, 0.5) is 0 Å². The van der Waals surface area contributed by atoms with E-state index in [1.54, 1.807) is 7.11 Å². The second kappa shape index (κ2) is 5.18. The van der Waals surface area contributed by atoms with Gasteiger partial charge in [-0.1, -0.05) is 6.92 Å². The standard InChI is InChI=1S/C14H20N4OS/c1-9-8-17(2)7-6-11(9)18-13-10(15-14(18)20)4-5-12(16-13)19-3/h4-5,9,11H,6-8H2,1-3H3,(H,15,20). The monoisotopic (exact) mass is 292 g/mol. The molecule has 2 atom stereocenters. The Labute approximate surface area is 123 Å². The number of H-pyrrole nitrogens is 1. The van der Waals surface area contributed by atoms with Crippen LogP contribution in [0.15, 0.2) is 12.1 Å². The number of methoxy groups -OCH3 is 1. The molecule has 0 saturated carbocycles. The molecule has 0 amide bonds. The van der Waals surface area contributed by atoms with Gasteiger partial charge in [0.15, 0.2) is 10.4 Å². The number of rotatable bonds is 2. The maximum atomic E-state index is 5.51. The fraction of sp³-hybridized carbons (Fsp3) is 0.571. The normalized spacial score (nSPS) is 24.1. The number of nitrogens with one attached hydrogen (secondary N) is 1. The van der Waals surface area contributed by atoms with Crippen molar-refractivity contribution in [1.82, 2.24) is 19.4 Å². The molecule has 108 valence electrons. The molecule has 0 aliphatic carbocycles. The van der Waals surface area contributed by atoms with Crippen LogP contribution in [-0.2, 0) is 0 Å². The van der Waals surface area contributed by atoms with E-state index in [1.807, 2.05) is 12.1 Å². The third-order valence-corrected chi connectivity index (χ3v) is 4.44. The highest BCUT2D eigenvalue weighted by atomic mass is 32.1. The number of nitrogens with zero attached hydrogens (tertiary/aromatic N) is 3. The van der Waals surface area contributed by atoms with Gasteiger partial charge < -0.3 is 14.6 Å². The molecule has 20 heavy (non-hydrogen) atoms. The van der Waals surface area contributed by atoms with Gasteiger partial charge in [0.25, 0.3) is 0 Å². The van der Waals surface area contributed by atoms with Gasteiger partial charge in [0.1, 0.15) is 0 Å². The van der Waals surface area contributed by atoms with Crippen molar-refractivity contribution in [2.24, 2.45) is 5.92 Å². The minimum atomic E-state index is 0.395. The second-order valence-corrected chi connectivity index (χ2v) is 6.01. The smallest absolute Gasteiger partial charge is 0.215 e. The van der Waals surface area contributed by atoms with Crippen molar-refractivity contribution in [2.75, 3.05) is 27.2 Å². The second-order valence-electron chi connectivity index (χ2n) is 5.62. The lowest BCUT2D eigenvalue weighted by molar-refractivity contribution is 0.160. The fourth-order valence-corrected chi connectivity index (χ4v) is 3.46. The van der Waals surface area contributed by atoms with E-state index < -0.39 is 0 Å². The molecule has 5 nitrogen and oxygen atoms in total. The quantitative estimate of drug-likeness (QED) is 0.864. The maximum absolute atomic E-state index is 5.51. The summed E-state index contributed by atoms with van der Waals surface area (Å²) in [6, 6.07) is 4.23. The van der Waals surface area contributed by atoms with Crippen molar-refractivity contribution in [1.29, 1.82) is 0 Å². The third kappa shape index (κ3) is 2.23. The summed E-state index contributed by atoms with van der Waals surface area (Å²) in [5.74, 6) is 1.17. The van der Waals surface area contributed by atoms with Crippen molar-refractivity contribution in [3.8, 4) is 5.88 Å². The molecule has 1 saturated heterocycles. The highest BCUT2D eigenvalue weighted by Crippen LogP contribution is 2.31. The Hall–Kier alpha value is -1.40. The van der Waals surface area contributed by atoms with Gasteiger partial charge in [0.05, 0.1) is 12.6 Å². The topological polar surface area (TPSA) is 46.1 Å². The van der Waals surface area contributed by atoms with Crippen LogP contribution in [0.3, 0.4) is 0 Å². The number of hydrogen-bond acceptors (Lipinski definition) is 4. The summed E-state index contributed by atoms with van der Waals surface area (Å²) >= 11 is 5.51. The van der Waals surface area contributed by atoms with Crippen LogP contribution in [0, 0.1) is 10.7 Å². The summed E-state index contributed by atoms with van der Waals surface area (Å²) in [5, 5.41) is 0. The first-order valence-corrected chi connectivity index (χ1v) is 7.34. The number of likely N-dealkylation sites (tertiary alicyclic amines) is 1. The summed E-state index contributed by atoms with van der Waals surface area (Å²) in [6.07, 6.45) is 1.10. The van der Waals surface area contributed by atoms with Gasteiger partial charge in [-0.15, -0.1) is 0 Å². The lowest BCUT2D eigenvalue weighted by Gasteiger charge is -2.35. The number of ether oxygens (including phenoxy) is 1. The molecule has 2 aromatic rings. The first-order chi connectivity index (χ1) is 9.60. The molecule has 6 heteroatoms. The average molecular weight is 292 g/mol. The fourth-order valence-electron chi connectivity index (χ4n) is 3.13. The predicted molar refractivity (Wildman–Crippen MR) is 81.8 cm³/mol. The van der Waals surface area contributed by atoms with E-state index in [9.17, 15) is 0 Å². The van der Waals surface area contributed by atoms with Crippen molar-refractivity contribution >= 4 is 23.4 Å². The van der Waals surface area contributed by atoms with E-state index in [4.69, 9.17) is 17.0 Å². The Bertz CT molecular complexity index is 677.